The average molecular weight is 325 g/mol. The zero-order chi connectivity index (χ0) is 13.1. The summed E-state index contributed by atoms with van der Waals surface area (Å²) in [4.78, 5) is 0. The van der Waals surface area contributed by atoms with Gasteiger partial charge in [0.25, 0.3) is 0 Å². The summed E-state index contributed by atoms with van der Waals surface area (Å²) >= 11 is 9.63. The summed E-state index contributed by atoms with van der Waals surface area (Å²) in [6, 6.07) is 12.2. The van der Waals surface area contributed by atoms with Gasteiger partial charge < -0.3 is 5.32 Å². The summed E-state index contributed by atoms with van der Waals surface area (Å²) in [6.07, 6.45) is 0. The van der Waals surface area contributed by atoms with Crippen LogP contribution in [0.1, 0.15) is 16.7 Å². The number of halogens is 2. The van der Waals surface area contributed by atoms with Crippen LogP contribution in [0.3, 0.4) is 0 Å². The van der Waals surface area contributed by atoms with Crippen LogP contribution in [0.25, 0.3) is 0 Å². The molecule has 0 unspecified atom stereocenters. The lowest BCUT2D eigenvalue weighted by Crippen LogP contribution is -2.02. The second-order valence-corrected chi connectivity index (χ2v) is 5.66. The molecule has 94 valence electrons. The molecule has 0 heterocycles. The predicted molar refractivity (Wildman–Crippen MR) is 82.4 cm³/mol. The predicted octanol–water partition coefficient (Wildman–Crippen LogP) is 5.33. The summed E-state index contributed by atoms with van der Waals surface area (Å²) in [7, 11) is 0. The Morgan fingerprint density at radius 2 is 1.94 bits per heavy atom. The van der Waals surface area contributed by atoms with Crippen molar-refractivity contribution in [1.29, 1.82) is 0 Å². The van der Waals surface area contributed by atoms with Crippen molar-refractivity contribution < 1.29 is 0 Å². The van der Waals surface area contributed by atoms with Gasteiger partial charge in [0.15, 0.2) is 0 Å². The number of hydrogen-bond donors (Lipinski definition) is 1. The Hall–Kier alpha value is -0.990. The van der Waals surface area contributed by atoms with E-state index in [1.807, 2.05) is 18.2 Å². The minimum Gasteiger partial charge on any atom is -0.381 e. The molecule has 0 aliphatic carbocycles. The lowest BCUT2D eigenvalue weighted by Gasteiger charge is -2.12. The molecule has 0 saturated heterocycles. The van der Waals surface area contributed by atoms with E-state index in [2.05, 4.69) is 53.3 Å². The molecule has 0 saturated carbocycles. The smallest absolute Gasteiger partial charge is 0.0456 e. The van der Waals surface area contributed by atoms with E-state index in [1.165, 1.54) is 11.1 Å². The third kappa shape index (κ3) is 3.06. The Labute approximate surface area is 121 Å². The molecule has 2 aromatic carbocycles. The second-order valence-electron chi connectivity index (χ2n) is 4.34. The van der Waals surface area contributed by atoms with Crippen molar-refractivity contribution in [2.24, 2.45) is 0 Å². The van der Waals surface area contributed by atoms with Gasteiger partial charge in [0.05, 0.1) is 0 Å². The van der Waals surface area contributed by atoms with Gasteiger partial charge in [0.1, 0.15) is 0 Å². The van der Waals surface area contributed by atoms with Gasteiger partial charge >= 0.3 is 0 Å². The van der Waals surface area contributed by atoms with Crippen LogP contribution in [-0.4, -0.2) is 0 Å². The highest BCUT2D eigenvalue weighted by molar-refractivity contribution is 9.10. The van der Waals surface area contributed by atoms with Crippen LogP contribution in [0.5, 0.6) is 0 Å². The van der Waals surface area contributed by atoms with Gasteiger partial charge in [0.2, 0.25) is 0 Å². The molecule has 0 bridgehead atoms. The summed E-state index contributed by atoms with van der Waals surface area (Å²) in [5.74, 6) is 0. The molecule has 0 radical (unpaired) electrons. The molecule has 0 aliphatic rings. The fourth-order valence-electron chi connectivity index (χ4n) is 1.81. The molecule has 3 heteroatoms. The van der Waals surface area contributed by atoms with Gasteiger partial charge in [-0.05, 0) is 54.8 Å². The molecule has 0 amide bonds. The highest BCUT2D eigenvalue weighted by Gasteiger charge is 2.03. The van der Waals surface area contributed by atoms with Gasteiger partial charge in [0, 0.05) is 21.7 Å². The van der Waals surface area contributed by atoms with Gasteiger partial charge in [-0.25, -0.2) is 0 Å². The minimum atomic E-state index is 0.725. The second kappa shape index (κ2) is 5.77. The first-order valence-electron chi connectivity index (χ1n) is 5.82. The number of rotatable bonds is 3. The molecule has 18 heavy (non-hydrogen) atoms. The van der Waals surface area contributed by atoms with Crippen LogP contribution < -0.4 is 5.32 Å². The fourth-order valence-corrected chi connectivity index (χ4v) is 2.40. The number of hydrogen-bond acceptors (Lipinski definition) is 1. The van der Waals surface area contributed by atoms with Crippen LogP contribution in [-0.2, 0) is 6.54 Å². The first-order valence-corrected chi connectivity index (χ1v) is 6.99. The van der Waals surface area contributed by atoms with E-state index >= 15 is 0 Å². The zero-order valence-electron chi connectivity index (χ0n) is 10.4. The number of aryl methyl sites for hydroxylation is 1. The molecule has 2 aromatic rings. The Kier molecular flexibility index (Phi) is 4.31. The van der Waals surface area contributed by atoms with E-state index in [9.17, 15) is 0 Å². The Bertz CT molecular complexity index is 564. The number of nitrogens with one attached hydrogen (secondary N) is 1. The van der Waals surface area contributed by atoms with E-state index < -0.39 is 0 Å². The number of benzene rings is 2. The molecule has 0 aliphatic heterocycles. The van der Waals surface area contributed by atoms with Gasteiger partial charge in [-0.1, -0.05) is 39.7 Å². The van der Waals surface area contributed by atoms with Crippen molar-refractivity contribution in [3.63, 3.8) is 0 Å². The van der Waals surface area contributed by atoms with Crippen LogP contribution in [0.15, 0.2) is 40.9 Å². The van der Waals surface area contributed by atoms with E-state index in [-0.39, 0.29) is 0 Å². The molecule has 1 nitrogen and oxygen atoms in total. The largest absolute Gasteiger partial charge is 0.381 e. The molecular weight excluding hydrogens is 310 g/mol. The molecule has 2 rings (SSSR count). The van der Waals surface area contributed by atoms with Crippen molar-refractivity contribution in [2.45, 2.75) is 20.4 Å². The molecular formula is C15H15BrClN. The topological polar surface area (TPSA) is 12.0 Å². The van der Waals surface area contributed by atoms with E-state index in [4.69, 9.17) is 11.6 Å². The van der Waals surface area contributed by atoms with Crippen molar-refractivity contribution in [1.82, 2.24) is 0 Å². The minimum absolute atomic E-state index is 0.725. The Balaban J connectivity index is 2.16. The van der Waals surface area contributed by atoms with Crippen molar-refractivity contribution in [3.05, 3.63) is 62.6 Å². The first kappa shape index (κ1) is 13.4. The molecule has 1 N–H and O–H groups in total. The lowest BCUT2D eigenvalue weighted by atomic mass is 10.1. The summed E-state index contributed by atoms with van der Waals surface area (Å²) < 4.78 is 1.05. The third-order valence-corrected chi connectivity index (χ3v) is 3.94. The summed E-state index contributed by atoms with van der Waals surface area (Å²) in [6.45, 7) is 4.97. The monoisotopic (exact) mass is 323 g/mol. The van der Waals surface area contributed by atoms with Crippen LogP contribution in [0, 0.1) is 13.8 Å². The fraction of sp³-hybridized carbons (Fsp3) is 0.200. The van der Waals surface area contributed by atoms with E-state index in [0.29, 0.717) is 0 Å². The van der Waals surface area contributed by atoms with Crippen LogP contribution in [0.2, 0.25) is 5.02 Å². The quantitative estimate of drug-likeness (QED) is 0.804. The maximum atomic E-state index is 6.17. The van der Waals surface area contributed by atoms with Crippen molar-refractivity contribution in [3.8, 4) is 0 Å². The maximum Gasteiger partial charge on any atom is 0.0456 e. The number of anilines is 1. The average Bonchev–Trinajstić information content (AvgIpc) is 2.35. The highest BCUT2D eigenvalue weighted by Crippen LogP contribution is 2.23. The Morgan fingerprint density at radius 1 is 1.17 bits per heavy atom. The molecule has 0 spiro atoms. The SMILES string of the molecule is Cc1cccc(NCc2cc(Br)ccc2Cl)c1C. The summed E-state index contributed by atoms with van der Waals surface area (Å²) in [5, 5.41) is 4.22. The standard InChI is InChI=1S/C15H15BrClN/c1-10-4-3-5-15(11(10)2)18-9-12-8-13(16)6-7-14(12)17/h3-8,18H,9H2,1-2H3. The van der Waals surface area contributed by atoms with Crippen molar-refractivity contribution in [2.75, 3.05) is 5.32 Å². The normalized spacial score (nSPS) is 10.4. The van der Waals surface area contributed by atoms with Gasteiger partial charge in [-0.3, -0.25) is 0 Å². The Morgan fingerprint density at radius 3 is 2.72 bits per heavy atom. The zero-order valence-corrected chi connectivity index (χ0v) is 12.8. The lowest BCUT2D eigenvalue weighted by molar-refractivity contribution is 1.13. The highest BCUT2D eigenvalue weighted by atomic mass is 79.9. The van der Waals surface area contributed by atoms with E-state index in [1.54, 1.807) is 0 Å². The van der Waals surface area contributed by atoms with Gasteiger partial charge in [-0.15, -0.1) is 0 Å². The van der Waals surface area contributed by atoms with Crippen molar-refractivity contribution >= 4 is 33.2 Å². The molecule has 0 atom stereocenters. The third-order valence-electron chi connectivity index (χ3n) is 3.08. The van der Waals surface area contributed by atoms with Crippen LogP contribution in [0.4, 0.5) is 5.69 Å². The van der Waals surface area contributed by atoms with Crippen LogP contribution >= 0.6 is 27.5 Å². The van der Waals surface area contributed by atoms with E-state index in [0.717, 1.165) is 27.3 Å². The molecule has 0 fully saturated rings. The maximum absolute atomic E-state index is 6.17. The molecule has 0 aromatic heterocycles. The van der Waals surface area contributed by atoms with Gasteiger partial charge in [-0.2, -0.15) is 0 Å². The first-order chi connectivity index (χ1) is 8.58. The summed E-state index contributed by atoms with van der Waals surface area (Å²) in [5.41, 5.74) is 4.82.